The summed E-state index contributed by atoms with van der Waals surface area (Å²) in [6.07, 6.45) is 0.717. The maximum absolute atomic E-state index is 11.8. The minimum atomic E-state index is -0.447. The molecule has 0 radical (unpaired) electrons. The van der Waals surface area contributed by atoms with Crippen molar-refractivity contribution >= 4 is 35.0 Å². The van der Waals surface area contributed by atoms with Crippen LogP contribution in [0, 0.1) is 10.1 Å². The second-order valence-corrected chi connectivity index (χ2v) is 6.25. The molecule has 0 unspecified atom stereocenters. The number of hydrogen-bond acceptors (Lipinski definition) is 4. The number of nitro groups is 1. The van der Waals surface area contributed by atoms with Gasteiger partial charge >= 0.3 is 0 Å². The average molecular weight is 351 g/mol. The summed E-state index contributed by atoms with van der Waals surface area (Å²) in [4.78, 5) is 22.7. The highest BCUT2D eigenvalue weighted by Crippen LogP contribution is 2.21. The van der Waals surface area contributed by atoms with Crippen LogP contribution in [0.3, 0.4) is 0 Å². The number of carbonyl (C=O) groups excluding carboxylic acids is 1. The molecule has 120 valence electrons. The average Bonchev–Trinajstić information content (AvgIpc) is 2.53. The number of carbonyl (C=O) groups is 1. The summed E-state index contributed by atoms with van der Waals surface area (Å²) in [7, 11) is 0. The molecular weight excluding hydrogens is 336 g/mol. The van der Waals surface area contributed by atoms with Crippen LogP contribution in [0.4, 0.5) is 5.69 Å². The van der Waals surface area contributed by atoms with Crippen molar-refractivity contribution in [1.82, 2.24) is 5.32 Å². The lowest BCUT2D eigenvalue weighted by Crippen LogP contribution is -2.27. The first kappa shape index (κ1) is 17.3. The van der Waals surface area contributed by atoms with E-state index in [0.717, 1.165) is 10.5 Å². The Morgan fingerprint density at radius 1 is 1.22 bits per heavy atom. The zero-order valence-electron chi connectivity index (χ0n) is 12.2. The number of rotatable bonds is 7. The molecule has 5 nitrogen and oxygen atoms in total. The molecule has 0 heterocycles. The summed E-state index contributed by atoms with van der Waals surface area (Å²) < 4.78 is 0. The maximum Gasteiger partial charge on any atom is 0.269 e. The second-order valence-electron chi connectivity index (χ2n) is 4.77. The molecule has 23 heavy (non-hydrogen) atoms. The van der Waals surface area contributed by atoms with Gasteiger partial charge in [0.05, 0.1) is 10.7 Å². The van der Waals surface area contributed by atoms with Crippen molar-refractivity contribution in [3.05, 3.63) is 69.2 Å². The largest absolute Gasteiger partial charge is 0.355 e. The Morgan fingerprint density at radius 2 is 1.96 bits per heavy atom. The van der Waals surface area contributed by atoms with E-state index in [1.807, 2.05) is 24.3 Å². The van der Waals surface area contributed by atoms with Gasteiger partial charge in [0, 0.05) is 28.6 Å². The molecule has 2 aromatic carbocycles. The Kier molecular flexibility index (Phi) is 6.43. The molecule has 0 aliphatic heterocycles. The van der Waals surface area contributed by atoms with Crippen LogP contribution in [-0.2, 0) is 11.2 Å². The topological polar surface area (TPSA) is 72.2 Å². The van der Waals surface area contributed by atoms with Gasteiger partial charge < -0.3 is 5.32 Å². The monoisotopic (exact) mass is 350 g/mol. The Hall–Kier alpha value is -2.05. The number of benzene rings is 2. The quantitative estimate of drug-likeness (QED) is 0.469. The van der Waals surface area contributed by atoms with Crippen molar-refractivity contribution in [2.75, 3.05) is 12.3 Å². The van der Waals surface area contributed by atoms with Gasteiger partial charge in [-0.25, -0.2) is 0 Å². The van der Waals surface area contributed by atoms with Crippen molar-refractivity contribution in [3.8, 4) is 0 Å². The van der Waals surface area contributed by atoms with E-state index in [1.165, 1.54) is 23.9 Å². The minimum absolute atomic E-state index is 0.0420. The minimum Gasteiger partial charge on any atom is -0.355 e. The van der Waals surface area contributed by atoms with Gasteiger partial charge in [0.25, 0.3) is 5.69 Å². The summed E-state index contributed by atoms with van der Waals surface area (Å²) in [6, 6.07) is 13.7. The number of nitrogens with one attached hydrogen (secondary N) is 1. The number of hydrogen-bond donors (Lipinski definition) is 1. The van der Waals surface area contributed by atoms with Crippen LogP contribution in [0.15, 0.2) is 53.4 Å². The highest BCUT2D eigenvalue weighted by Gasteiger charge is 2.06. The lowest BCUT2D eigenvalue weighted by Gasteiger charge is -2.06. The van der Waals surface area contributed by atoms with Crippen LogP contribution in [0.2, 0.25) is 5.02 Å². The van der Waals surface area contributed by atoms with E-state index in [1.54, 1.807) is 12.1 Å². The smallest absolute Gasteiger partial charge is 0.269 e. The van der Waals surface area contributed by atoms with Crippen molar-refractivity contribution in [1.29, 1.82) is 0 Å². The SMILES string of the molecule is O=C(CSc1ccc([N+](=O)[O-])cc1)NCCc1cccc(Cl)c1. The number of nitrogens with zero attached hydrogens (tertiary/aromatic N) is 1. The highest BCUT2D eigenvalue weighted by atomic mass is 35.5. The lowest BCUT2D eigenvalue weighted by atomic mass is 10.1. The fourth-order valence-corrected chi connectivity index (χ4v) is 2.84. The Labute approximate surface area is 143 Å². The first-order valence-corrected chi connectivity index (χ1v) is 8.29. The Morgan fingerprint density at radius 3 is 2.61 bits per heavy atom. The molecule has 2 aromatic rings. The zero-order valence-corrected chi connectivity index (χ0v) is 13.8. The normalized spacial score (nSPS) is 10.3. The van der Waals surface area contributed by atoms with E-state index in [9.17, 15) is 14.9 Å². The summed E-state index contributed by atoms with van der Waals surface area (Å²) in [5, 5.41) is 14.1. The molecular formula is C16H15ClN2O3S. The van der Waals surface area contributed by atoms with Gasteiger partial charge in [-0.15, -0.1) is 11.8 Å². The molecule has 0 fully saturated rings. The molecule has 7 heteroatoms. The molecule has 0 bridgehead atoms. The van der Waals surface area contributed by atoms with Gasteiger partial charge in [0.1, 0.15) is 0 Å². The van der Waals surface area contributed by atoms with E-state index in [4.69, 9.17) is 11.6 Å². The van der Waals surface area contributed by atoms with E-state index in [-0.39, 0.29) is 17.3 Å². The molecule has 0 aliphatic rings. The van der Waals surface area contributed by atoms with E-state index < -0.39 is 4.92 Å². The Bertz CT molecular complexity index is 692. The lowest BCUT2D eigenvalue weighted by molar-refractivity contribution is -0.384. The Balaban J connectivity index is 1.71. The molecule has 0 saturated heterocycles. The first-order valence-electron chi connectivity index (χ1n) is 6.93. The fourth-order valence-electron chi connectivity index (χ4n) is 1.90. The van der Waals surface area contributed by atoms with Gasteiger partial charge in [-0.2, -0.15) is 0 Å². The number of non-ortho nitro benzene ring substituents is 1. The number of amides is 1. The summed E-state index contributed by atoms with van der Waals surface area (Å²) >= 11 is 7.24. The van der Waals surface area contributed by atoms with Gasteiger partial charge in [0.15, 0.2) is 0 Å². The van der Waals surface area contributed by atoms with E-state index in [2.05, 4.69) is 5.32 Å². The van der Waals surface area contributed by atoms with Crippen LogP contribution < -0.4 is 5.32 Å². The molecule has 0 saturated carbocycles. The summed E-state index contributed by atoms with van der Waals surface area (Å²) in [5.41, 5.74) is 1.11. The predicted molar refractivity (Wildman–Crippen MR) is 92.0 cm³/mol. The van der Waals surface area contributed by atoms with Crippen LogP contribution in [0.25, 0.3) is 0 Å². The first-order chi connectivity index (χ1) is 11.0. The third-order valence-electron chi connectivity index (χ3n) is 3.04. The van der Waals surface area contributed by atoms with Gasteiger partial charge in [0.2, 0.25) is 5.91 Å². The van der Waals surface area contributed by atoms with Gasteiger partial charge in [-0.3, -0.25) is 14.9 Å². The standard InChI is InChI=1S/C16H15ClN2O3S/c17-13-3-1-2-12(10-13)8-9-18-16(20)11-23-15-6-4-14(5-7-15)19(21)22/h1-7,10H,8-9,11H2,(H,18,20). The second kappa shape index (κ2) is 8.55. The van der Waals surface area contributed by atoms with Gasteiger partial charge in [-0.05, 0) is 36.2 Å². The van der Waals surface area contributed by atoms with Crippen molar-refractivity contribution in [2.45, 2.75) is 11.3 Å². The summed E-state index contributed by atoms with van der Waals surface area (Å²) in [5.74, 6) is 0.197. The number of nitro benzene ring substituents is 1. The van der Waals surface area contributed by atoms with Crippen molar-refractivity contribution in [3.63, 3.8) is 0 Å². The molecule has 1 amide bonds. The molecule has 1 N–H and O–H groups in total. The fraction of sp³-hybridized carbons (Fsp3) is 0.188. The third kappa shape index (κ3) is 5.92. The van der Waals surface area contributed by atoms with Crippen LogP contribution in [0.1, 0.15) is 5.56 Å². The number of halogens is 1. The van der Waals surface area contributed by atoms with Crippen LogP contribution in [0.5, 0.6) is 0 Å². The maximum atomic E-state index is 11.8. The van der Waals surface area contributed by atoms with Crippen LogP contribution >= 0.6 is 23.4 Å². The molecule has 0 aromatic heterocycles. The predicted octanol–water partition coefficient (Wildman–Crippen LogP) is 3.70. The molecule has 0 spiro atoms. The van der Waals surface area contributed by atoms with E-state index >= 15 is 0 Å². The van der Waals surface area contributed by atoms with Gasteiger partial charge in [-0.1, -0.05) is 23.7 Å². The van der Waals surface area contributed by atoms with Crippen molar-refractivity contribution < 1.29 is 9.72 Å². The molecule has 0 aliphatic carbocycles. The highest BCUT2D eigenvalue weighted by molar-refractivity contribution is 8.00. The van der Waals surface area contributed by atoms with Crippen molar-refractivity contribution in [2.24, 2.45) is 0 Å². The zero-order chi connectivity index (χ0) is 16.7. The van der Waals surface area contributed by atoms with Crippen LogP contribution in [-0.4, -0.2) is 23.1 Å². The molecule has 2 rings (SSSR count). The number of thioether (sulfide) groups is 1. The van der Waals surface area contributed by atoms with E-state index in [0.29, 0.717) is 18.0 Å². The summed E-state index contributed by atoms with van der Waals surface area (Å²) in [6.45, 7) is 0.542. The third-order valence-corrected chi connectivity index (χ3v) is 4.29. The molecule has 0 atom stereocenters.